The molecule has 0 bridgehead atoms. The van der Waals surface area contributed by atoms with Gasteiger partial charge in [-0.25, -0.2) is 9.18 Å². The molecular formula is C16H18FN3O5. The van der Waals surface area contributed by atoms with Crippen molar-refractivity contribution in [2.75, 3.05) is 38.3 Å². The molecule has 2 fully saturated rings. The first kappa shape index (κ1) is 15.9. The van der Waals surface area contributed by atoms with Crippen LogP contribution in [0.4, 0.5) is 10.1 Å². The number of phenols is 1. The molecule has 2 aliphatic rings. The lowest BCUT2D eigenvalue weighted by Crippen LogP contribution is -2.37. The summed E-state index contributed by atoms with van der Waals surface area (Å²) >= 11 is 0. The molecule has 1 aliphatic carbocycles. The number of phenolic OH excluding ortho intramolecular Hbond substituents is 1. The summed E-state index contributed by atoms with van der Waals surface area (Å²) in [6.45, 7) is 1.64. The van der Waals surface area contributed by atoms with Crippen molar-refractivity contribution in [3.63, 3.8) is 0 Å². The highest BCUT2D eigenvalue weighted by molar-refractivity contribution is 5.95. The van der Waals surface area contributed by atoms with Crippen molar-refractivity contribution in [2.45, 2.75) is 18.9 Å². The standard InChI is InChI=1S/C16H18FN3O5/c1-24-14-11-9(15(22)18-16(23)20(11)8-2-3-8)13(21)10(17)12(14)19-4-6-25-7-5-19/h8,21H,2-7H2,1H3,(H,18,22,23). The minimum Gasteiger partial charge on any atom is -0.504 e. The second kappa shape index (κ2) is 5.76. The van der Waals surface area contributed by atoms with Gasteiger partial charge in [0.2, 0.25) is 0 Å². The van der Waals surface area contributed by atoms with Crippen molar-refractivity contribution in [3.8, 4) is 11.5 Å². The Balaban J connectivity index is 2.13. The number of H-pyrrole nitrogens is 1. The second-order valence-corrected chi connectivity index (χ2v) is 6.23. The molecule has 8 nitrogen and oxygen atoms in total. The topological polar surface area (TPSA) is 96.8 Å². The molecule has 1 aromatic heterocycles. The lowest BCUT2D eigenvalue weighted by atomic mass is 10.1. The molecular weight excluding hydrogens is 333 g/mol. The maximum Gasteiger partial charge on any atom is 0.329 e. The number of anilines is 1. The molecule has 0 amide bonds. The van der Waals surface area contributed by atoms with Gasteiger partial charge in [-0.3, -0.25) is 14.3 Å². The number of methoxy groups -OCH3 is 1. The minimum atomic E-state index is -0.933. The first-order valence-electron chi connectivity index (χ1n) is 8.14. The van der Waals surface area contributed by atoms with Crippen LogP contribution in [0.2, 0.25) is 0 Å². The molecule has 134 valence electrons. The van der Waals surface area contributed by atoms with Gasteiger partial charge in [0.1, 0.15) is 16.6 Å². The lowest BCUT2D eigenvalue weighted by Gasteiger charge is -2.31. The van der Waals surface area contributed by atoms with Crippen LogP contribution in [-0.2, 0) is 4.74 Å². The average Bonchev–Trinajstić information content (AvgIpc) is 3.43. The Hall–Kier alpha value is -2.55. The predicted octanol–water partition coefficient (Wildman–Crippen LogP) is 0.715. The van der Waals surface area contributed by atoms with Crippen molar-refractivity contribution in [1.29, 1.82) is 0 Å². The van der Waals surface area contributed by atoms with Gasteiger partial charge >= 0.3 is 5.69 Å². The summed E-state index contributed by atoms with van der Waals surface area (Å²) in [6.07, 6.45) is 1.55. The quantitative estimate of drug-likeness (QED) is 0.846. The number of nitrogens with zero attached hydrogens (tertiary/aromatic N) is 2. The largest absolute Gasteiger partial charge is 0.504 e. The summed E-state index contributed by atoms with van der Waals surface area (Å²) in [5.41, 5.74) is -1.23. The Kier molecular flexibility index (Phi) is 3.68. The van der Waals surface area contributed by atoms with Crippen molar-refractivity contribution in [2.24, 2.45) is 0 Å². The van der Waals surface area contributed by atoms with Gasteiger partial charge < -0.3 is 19.5 Å². The van der Waals surface area contributed by atoms with Crippen LogP contribution in [0, 0.1) is 5.82 Å². The van der Waals surface area contributed by atoms with Gasteiger partial charge in [0.25, 0.3) is 5.56 Å². The summed E-state index contributed by atoms with van der Waals surface area (Å²) < 4.78 is 27.0. The van der Waals surface area contributed by atoms with E-state index in [4.69, 9.17) is 9.47 Å². The monoisotopic (exact) mass is 351 g/mol. The Bertz CT molecular complexity index is 957. The number of hydrogen-bond acceptors (Lipinski definition) is 6. The fraction of sp³-hybridized carbons (Fsp3) is 0.500. The van der Waals surface area contributed by atoms with E-state index >= 15 is 0 Å². The number of nitrogens with one attached hydrogen (secondary N) is 1. The number of morpholine rings is 1. The molecule has 25 heavy (non-hydrogen) atoms. The van der Waals surface area contributed by atoms with E-state index in [1.165, 1.54) is 11.7 Å². The molecule has 2 aromatic rings. The van der Waals surface area contributed by atoms with Crippen molar-refractivity contribution in [3.05, 3.63) is 26.7 Å². The summed E-state index contributed by atoms with van der Waals surface area (Å²) in [6, 6.07) is -0.0943. The number of aromatic hydroxyl groups is 1. The van der Waals surface area contributed by atoms with Gasteiger partial charge in [0.05, 0.1) is 20.3 Å². The van der Waals surface area contributed by atoms with Gasteiger partial charge in [-0.2, -0.15) is 0 Å². The molecule has 4 rings (SSSR count). The van der Waals surface area contributed by atoms with Crippen LogP contribution in [0.3, 0.4) is 0 Å². The third-order valence-electron chi connectivity index (χ3n) is 4.67. The normalized spacial score (nSPS) is 17.9. The molecule has 1 saturated heterocycles. The summed E-state index contributed by atoms with van der Waals surface area (Å²) in [5, 5.41) is 10.1. The number of fused-ring (bicyclic) bond motifs is 1. The van der Waals surface area contributed by atoms with Crippen LogP contribution >= 0.6 is 0 Å². The predicted molar refractivity (Wildman–Crippen MR) is 88.3 cm³/mol. The van der Waals surface area contributed by atoms with E-state index in [0.717, 1.165) is 12.8 Å². The van der Waals surface area contributed by atoms with Crippen LogP contribution < -0.4 is 20.9 Å². The Morgan fingerprint density at radius 3 is 2.56 bits per heavy atom. The molecule has 1 saturated carbocycles. The lowest BCUT2D eigenvalue weighted by molar-refractivity contribution is 0.122. The van der Waals surface area contributed by atoms with Gasteiger partial charge in [-0.15, -0.1) is 0 Å². The Morgan fingerprint density at radius 2 is 1.96 bits per heavy atom. The first-order valence-corrected chi connectivity index (χ1v) is 8.14. The van der Waals surface area contributed by atoms with Gasteiger partial charge in [-0.1, -0.05) is 0 Å². The van der Waals surface area contributed by atoms with E-state index in [-0.39, 0.29) is 28.4 Å². The number of halogens is 1. The first-order chi connectivity index (χ1) is 12.0. The molecule has 0 spiro atoms. The van der Waals surface area contributed by atoms with Crippen LogP contribution in [0.25, 0.3) is 10.9 Å². The van der Waals surface area contributed by atoms with Crippen LogP contribution in [0.15, 0.2) is 9.59 Å². The Labute approximate surface area is 141 Å². The maximum atomic E-state index is 14.9. The van der Waals surface area contributed by atoms with E-state index in [2.05, 4.69) is 4.98 Å². The van der Waals surface area contributed by atoms with E-state index in [1.54, 1.807) is 4.90 Å². The molecule has 0 radical (unpaired) electrons. The van der Waals surface area contributed by atoms with Crippen molar-refractivity contribution < 1.29 is 19.0 Å². The molecule has 1 aromatic carbocycles. The third kappa shape index (κ3) is 2.38. The molecule has 1 aliphatic heterocycles. The summed E-state index contributed by atoms with van der Waals surface area (Å²) in [4.78, 5) is 28.4. The second-order valence-electron chi connectivity index (χ2n) is 6.23. The van der Waals surface area contributed by atoms with Gasteiger partial charge in [0, 0.05) is 19.1 Å². The van der Waals surface area contributed by atoms with E-state index < -0.39 is 22.8 Å². The van der Waals surface area contributed by atoms with Crippen LogP contribution in [0.1, 0.15) is 18.9 Å². The Morgan fingerprint density at radius 1 is 1.28 bits per heavy atom. The fourth-order valence-corrected chi connectivity index (χ4v) is 3.37. The van der Waals surface area contributed by atoms with E-state index in [1.807, 2.05) is 0 Å². The molecule has 9 heteroatoms. The number of aromatic nitrogens is 2. The molecule has 0 unspecified atom stereocenters. The van der Waals surface area contributed by atoms with Crippen LogP contribution in [0.5, 0.6) is 11.5 Å². The SMILES string of the molecule is COc1c(N2CCOCC2)c(F)c(O)c2c(=O)[nH]c(=O)n(C3CC3)c12. The zero-order valence-electron chi connectivity index (χ0n) is 13.7. The fourth-order valence-electron chi connectivity index (χ4n) is 3.37. The number of hydrogen-bond donors (Lipinski definition) is 2. The highest BCUT2D eigenvalue weighted by atomic mass is 19.1. The molecule has 0 atom stereocenters. The number of ether oxygens (including phenoxy) is 2. The smallest absolute Gasteiger partial charge is 0.329 e. The highest BCUT2D eigenvalue weighted by Crippen LogP contribution is 2.46. The number of benzene rings is 1. The average molecular weight is 351 g/mol. The van der Waals surface area contributed by atoms with Gasteiger partial charge in [0.15, 0.2) is 17.3 Å². The zero-order valence-corrected chi connectivity index (χ0v) is 13.7. The number of aromatic amines is 1. The zero-order chi connectivity index (χ0) is 17.7. The highest BCUT2D eigenvalue weighted by Gasteiger charge is 2.33. The summed E-state index contributed by atoms with van der Waals surface area (Å²) in [5.74, 6) is -1.62. The van der Waals surface area contributed by atoms with Crippen molar-refractivity contribution >= 4 is 16.6 Å². The summed E-state index contributed by atoms with van der Waals surface area (Å²) in [7, 11) is 1.36. The van der Waals surface area contributed by atoms with Gasteiger partial charge in [-0.05, 0) is 12.8 Å². The maximum absolute atomic E-state index is 14.9. The van der Waals surface area contributed by atoms with Crippen molar-refractivity contribution in [1.82, 2.24) is 9.55 Å². The molecule has 2 N–H and O–H groups in total. The minimum absolute atomic E-state index is 0.0511. The number of rotatable bonds is 3. The molecule has 2 heterocycles. The van der Waals surface area contributed by atoms with E-state index in [9.17, 15) is 19.1 Å². The van der Waals surface area contributed by atoms with Crippen LogP contribution in [-0.4, -0.2) is 48.1 Å². The van der Waals surface area contributed by atoms with E-state index in [0.29, 0.717) is 26.3 Å². The third-order valence-corrected chi connectivity index (χ3v) is 4.67.